The number of amides is 1. The van der Waals surface area contributed by atoms with E-state index in [-0.39, 0.29) is 12.5 Å². The Morgan fingerprint density at radius 2 is 2.18 bits per heavy atom. The zero-order valence-electron chi connectivity index (χ0n) is 9.93. The first-order valence-electron chi connectivity index (χ1n) is 5.40. The van der Waals surface area contributed by atoms with E-state index in [1.807, 2.05) is 36.4 Å². The number of ether oxygens (including phenoxy) is 1. The number of hydrogen-bond acceptors (Lipinski definition) is 2. The van der Waals surface area contributed by atoms with E-state index in [0.717, 1.165) is 16.5 Å². The molecule has 87 valence electrons. The van der Waals surface area contributed by atoms with Crippen LogP contribution in [0.25, 0.3) is 10.8 Å². The van der Waals surface area contributed by atoms with Crippen molar-refractivity contribution in [3.05, 3.63) is 42.5 Å². The summed E-state index contributed by atoms with van der Waals surface area (Å²) in [6.07, 6.45) is 0. The molecule has 0 heterocycles. The van der Waals surface area contributed by atoms with E-state index < -0.39 is 0 Å². The van der Waals surface area contributed by atoms with Gasteiger partial charge in [0.05, 0.1) is 0 Å². The summed E-state index contributed by atoms with van der Waals surface area (Å²) in [5.74, 6) is 0.677. The molecule has 1 radical (unpaired) electrons. The summed E-state index contributed by atoms with van der Waals surface area (Å²) in [6.45, 7) is 0.0602. The molecule has 0 aliphatic heterocycles. The van der Waals surface area contributed by atoms with Gasteiger partial charge < -0.3 is 9.64 Å². The number of carbonyl (C=O) groups is 1. The maximum Gasteiger partial charge on any atom is 0.259 e. The molecule has 3 nitrogen and oxygen atoms in total. The monoisotopic (exact) mass is 228 g/mol. The van der Waals surface area contributed by atoms with Gasteiger partial charge >= 0.3 is 0 Å². The summed E-state index contributed by atoms with van der Waals surface area (Å²) in [5, 5.41) is 2.06. The highest BCUT2D eigenvalue weighted by molar-refractivity contribution is 5.88. The number of carbonyl (C=O) groups excluding carboxylic acids is 1. The highest BCUT2D eigenvalue weighted by Gasteiger charge is 2.06. The van der Waals surface area contributed by atoms with E-state index >= 15 is 0 Å². The Kier molecular flexibility index (Phi) is 3.28. The molecule has 0 unspecified atom stereocenters. The van der Waals surface area contributed by atoms with Gasteiger partial charge in [-0.2, -0.15) is 0 Å². The van der Waals surface area contributed by atoms with Crippen molar-refractivity contribution in [1.29, 1.82) is 0 Å². The second kappa shape index (κ2) is 4.87. The van der Waals surface area contributed by atoms with Crippen LogP contribution in [0.3, 0.4) is 0 Å². The van der Waals surface area contributed by atoms with Crippen molar-refractivity contribution < 1.29 is 9.53 Å². The van der Waals surface area contributed by atoms with Crippen molar-refractivity contribution in [3.63, 3.8) is 0 Å². The number of hydrogen-bond donors (Lipinski definition) is 0. The molecule has 0 aliphatic rings. The zero-order valence-corrected chi connectivity index (χ0v) is 9.93. The molecule has 0 N–H and O–H groups in total. The summed E-state index contributed by atoms with van der Waals surface area (Å²) in [5.41, 5.74) is 0. The second-order valence-corrected chi connectivity index (χ2v) is 3.98. The molecule has 0 saturated carbocycles. The lowest BCUT2D eigenvalue weighted by Gasteiger charge is -2.12. The molecule has 0 aromatic heterocycles. The van der Waals surface area contributed by atoms with Crippen molar-refractivity contribution in [2.45, 2.75) is 0 Å². The molecule has 0 aliphatic carbocycles. The maximum absolute atomic E-state index is 11.4. The lowest BCUT2D eigenvalue weighted by atomic mass is 10.1. The molecule has 0 atom stereocenters. The second-order valence-electron chi connectivity index (χ2n) is 3.98. The number of benzene rings is 2. The van der Waals surface area contributed by atoms with Crippen LogP contribution in [0, 0.1) is 6.07 Å². The van der Waals surface area contributed by atoms with E-state index in [1.165, 1.54) is 4.90 Å². The van der Waals surface area contributed by atoms with E-state index in [4.69, 9.17) is 4.74 Å². The van der Waals surface area contributed by atoms with Gasteiger partial charge in [0, 0.05) is 19.5 Å². The first-order valence-corrected chi connectivity index (χ1v) is 5.40. The van der Waals surface area contributed by atoms with Gasteiger partial charge in [-0.25, -0.2) is 0 Å². The molecule has 2 rings (SSSR count). The molecular weight excluding hydrogens is 214 g/mol. The summed E-state index contributed by atoms with van der Waals surface area (Å²) in [7, 11) is 3.42. The van der Waals surface area contributed by atoms with Gasteiger partial charge in [-0.3, -0.25) is 4.79 Å². The summed E-state index contributed by atoms with van der Waals surface area (Å²) >= 11 is 0. The van der Waals surface area contributed by atoms with Gasteiger partial charge in [-0.1, -0.05) is 24.3 Å². The van der Waals surface area contributed by atoms with Gasteiger partial charge in [-0.15, -0.1) is 0 Å². The van der Waals surface area contributed by atoms with Crippen molar-refractivity contribution in [3.8, 4) is 5.75 Å². The summed E-state index contributed by atoms with van der Waals surface area (Å²) in [6, 6.07) is 14.5. The van der Waals surface area contributed by atoms with Crippen LogP contribution < -0.4 is 4.74 Å². The average molecular weight is 228 g/mol. The van der Waals surface area contributed by atoms with Crippen LogP contribution in [-0.2, 0) is 4.79 Å². The largest absolute Gasteiger partial charge is 0.483 e. The molecule has 0 fully saturated rings. The van der Waals surface area contributed by atoms with Crippen LogP contribution in [0.2, 0.25) is 0 Å². The van der Waals surface area contributed by atoms with Crippen LogP contribution >= 0.6 is 0 Å². The molecule has 2 aromatic rings. The normalized spacial score (nSPS) is 10.2. The lowest BCUT2D eigenvalue weighted by molar-refractivity contribution is -0.130. The average Bonchev–Trinajstić information content (AvgIpc) is 2.35. The van der Waals surface area contributed by atoms with Gasteiger partial charge in [-0.05, 0) is 23.6 Å². The topological polar surface area (TPSA) is 29.5 Å². The van der Waals surface area contributed by atoms with Crippen LogP contribution in [0.4, 0.5) is 0 Å². The van der Waals surface area contributed by atoms with Crippen molar-refractivity contribution >= 4 is 16.7 Å². The van der Waals surface area contributed by atoms with Gasteiger partial charge in [0.2, 0.25) is 0 Å². The first kappa shape index (κ1) is 11.5. The fraction of sp³-hybridized carbons (Fsp3) is 0.214. The van der Waals surface area contributed by atoms with E-state index in [2.05, 4.69) is 6.07 Å². The number of likely N-dealkylation sites (N-methyl/N-ethyl adjacent to an activating group) is 1. The minimum Gasteiger partial charge on any atom is -0.483 e. The highest BCUT2D eigenvalue weighted by Crippen LogP contribution is 2.24. The molecule has 17 heavy (non-hydrogen) atoms. The fourth-order valence-electron chi connectivity index (χ4n) is 1.53. The summed E-state index contributed by atoms with van der Waals surface area (Å²) in [4.78, 5) is 13.0. The Labute approximate surface area is 101 Å². The number of nitrogens with zero attached hydrogens (tertiary/aromatic N) is 1. The Morgan fingerprint density at radius 1 is 1.35 bits per heavy atom. The fourth-order valence-corrected chi connectivity index (χ4v) is 1.53. The Hall–Kier alpha value is -2.03. The third-order valence-electron chi connectivity index (χ3n) is 2.53. The van der Waals surface area contributed by atoms with Crippen LogP contribution in [0.5, 0.6) is 5.75 Å². The highest BCUT2D eigenvalue weighted by atomic mass is 16.5. The lowest BCUT2D eigenvalue weighted by Crippen LogP contribution is -2.27. The third kappa shape index (κ3) is 2.56. The van der Waals surface area contributed by atoms with Crippen LogP contribution in [0.1, 0.15) is 0 Å². The predicted octanol–water partition coefficient (Wildman–Crippen LogP) is 2.11. The minimum absolute atomic E-state index is 0.0514. The molecule has 0 bridgehead atoms. The van der Waals surface area contributed by atoms with Gasteiger partial charge in [0.1, 0.15) is 5.75 Å². The van der Waals surface area contributed by atoms with Gasteiger partial charge in [0.15, 0.2) is 6.61 Å². The maximum atomic E-state index is 11.4. The SMILES string of the molecule is CN(C)C(=O)COc1cccc2c[c]ccc12. The Balaban J connectivity index is 2.21. The van der Waals surface area contributed by atoms with E-state index in [9.17, 15) is 4.79 Å². The molecule has 2 aromatic carbocycles. The van der Waals surface area contributed by atoms with E-state index in [1.54, 1.807) is 14.1 Å². The smallest absolute Gasteiger partial charge is 0.259 e. The minimum atomic E-state index is -0.0514. The van der Waals surface area contributed by atoms with E-state index in [0.29, 0.717) is 0 Å². The van der Waals surface area contributed by atoms with Crippen molar-refractivity contribution in [1.82, 2.24) is 4.90 Å². The quantitative estimate of drug-likeness (QED) is 0.805. The first-order chi connectivity index (χ1) is 8.18. The third-order valence-corrected chi connectivity index (χ3v) is 2.53. The van der Waals surface area contributed by atoms with Gasteiger partial charge in [0.25, 0.3) is 5.91 Å². The Morgan fingerprint density at radius 3 is 2.94 bits per heavy atom. The molecule has 0 spiro atoms. The van der Waals surface area contributed by atoms with Crippen molar-refractivity contribution in [2.24, 2.45) is 0 Å². The molecule has 3 heteroatoms. The standard InChI is InChI=1S/C14H14NO2/c1-15(2)14(16)10-17-13-9-5-7-11-6-3-4-8-12(11)13/h4-9H,10H2,1-2H3. The predicted molar refractivity (Wildman–Crippen MR) is 67.0 cm³/mol. The molecule has 0 saturated heterocycles. The Bertz CT molecular complexity index is 529. The zero-order chi connectivity index (χ0) is 12.3. The number of rotatable bonds is 3. The number of fused-ring (bicyclic) bond motifs is 1. The molecule has 1 amide bonds. The van der Waals surface area contributed by atoms with Crippen LogP contribution in [-0.4, -0.2) is 31.5 Å². The molecular formula is C14H14NO2. The summed E-state index contributed by atoms with van der Waals surface area (Å²) < 4.78 is 5.54. The van der Waals surface area contributed by atoms with Crippen LogP contribution in [0.15, 0.2) is 36.4 Å². The van der Waals surface area contributed by atoms with Crippen molar-refractivity contribution in [2.75, 3.05) is 20.7 Å².